The Kier molecular flexibility index (Phi) is 5.34. The van der Waals surface area contributed by atoms with Crippen LogP contribution in [0.15, 0.2) is 164 Å². The number of fused-ring (bicyclic) bond motifs is 9. The van der Waals surface area contributed by atoms with E-state index in [1.807, 2.05) is 0 Å². The van der Waals surface area contributed by atoms with Gasteiger partial charge >= 0.3 is 0 Å². The molecule has 0 amide bonds. The van der Waals surface area contributed by atoms with E-state index in [1.165, 1.54) is 83.1 Å². The summed E-state index contributed by atoms with van der Waals surface area (Å²) in [5.74, 6) is 0. The summed E-state index contributed by atoms with van der Waals surface area (Å²) in [6.45, 7) is 0.835. The van der Waals surface area contributed by atoms with Crippen LogP contribution in [-0.2, 0) is 6.54 Å². The average Bonchev–Trinajstić information content (AvgIpc) is 3.64. The Bertz CT molecular complexity index is 2570. The molecular weight excluding hydrogens is 558 g/mol. The molecule has 0 unspecified atom stereocenters. The van der Waals surface area contributed by atoms with E-state index in [4.69, 9.17) is 0 Å². The van der Waals surface area contributed by atoms with E-state index < -0.39 is 0 Å². The Morgan fingerprint density at radius 3 is 1.65 bits per heavy atom. The molecule has 9 aromatic rings. The average molecular weight is 588 g/mol. The predicted molar refractivity (Wildman–Crippen MR) is 193 cm³/mol. The van der Waals surface area contributed by atoms with E-state index in [0.29, 0.717) is 0 Å². The smallest absolute Gasteiger partial charge is 0.0562 e. The highest BCUT2D eigenvalue weighted by Crippen LogP contribution is 2.48. The fraction of sp³-hybridized carbons (Fsp3) is 0.0233. The highest BCUT2D eigenvalue weighted by atomic mass is 15.1. The molecule has 1 aliphatic heterocycles. The van der Waals surface area contributed by atoms with Gasteiger partial charge in [0.2, 0.25) is 0 Å². The lowest BCUT2D eigenvalue weighted by Crippen LogP contribution is -2.22. The van der Waals surface area contributed by atoms with Gasteiger partial charge in [0.1, 0.15) is 0 Å². The summed E-state index contributed by atoms with van der Waals surface area (Å²) < 4.78 is 4.95. The molecule has 0 spiro atoms. The Balaban J connectivity index is 1.32. The Morgan fingerprint density at radius 2 is 0.891 bits per heavy atom. The predicted octanol–water partition coefficient (Wildman–Crippen LogP) is 11.2. The maximum atomic E-state index is 2.49. The summed E-state index contributed by atoms with van der Waals surface area (Å²) in [7, 11) is 0. The van der Waals surface area contributed by atoms with E-state index in [-0.39, 0.29) is 0 Å². The Morgan fingerprint density at radius 1 is 0.370 bits per heavy atom. The van der Waals surface area contributed by atoms with Crippen LogP contribution >= 0.6 is 0 Å². The summed E-state index contributed by atoms with van der Waals surface area (Å²) >= 11 is 0. The van der Waals surface area contributed by atoms with Crippen molar-refractivity contribution in [1.82, 2.24) is 9.13 Å². The van der Waals surface area contributed by atoms with E-state index in [9.17, 15) is 0 Å². The van der Waals surface area contributed by atoms with Crippen molar-refractivity contribution in [1.29, 1.82) is 0 Å². The van der Waals surface area contributed by atoms with Crippen molar-refractivity contribution in [2.24, 2.45) is 0 Å². The first-order valence-corrected chi connectivity index (χ1v) is 15.9. The molecule has 3 nitrogen and oxygen atoms in total. The van der Waals surface area contributed by atoms with Crippen LogP contribution in [0.2, 0.25) is 0 Å². The van der Waals surface area contributed by atoms with Crippen molar-refractivity contribution < 1.29 is 0 Å². The van der Waals surface area contributed by atoms with Crippen LogP contribution in [0.5, 0.6) is 0 Å². The van der Waals surface area contributed by atoms with Crippen LogP contribution in [0.1, 0.15) is 5.56 Å². The third-order valence-electron chi connectivity index (χ3n) is 9.73. The molecule has 10 rings (SSSR count). The number of hydrogen-bond acceptors (Lipinski definition) is 1. The molecule has 1 aliphatic rings. The normalized spacial score (nSPS) is 12.7. The molecular formula is C43H29N3. The van der Waals surface area contributed by atoms with Gasteiger partial charge < -0.3 is 14.0 Å². The van der Waals surface area contributed by atoms with Gasteiger partial charge in [-0.15, -0.1) is 0 Å². The zero-order valence-corrected chi connectivity index (χ0v) is 25.1. The molecule has 0 saturated carbocycles. The van der Waals surface area contributed by atoms with Crippen LogP contribution in [-0.4, -0.2) is 9.13 Å². The summed E-state index contributed by atoms with van der Waals surface area (Å²) in [6.07, 6.45) is 0. The van der Waals surface area contributed by atoms with Gasteiger partial charge in [-0.3, -0.25) is 0 Å². The van der Waals surface area contributed by atoms with Gasteiger partial charge in [-0.2, -0.15) is 0 Å². The molecule has 0 fully saturated rings. The number of hydrogen-bond donors (Lipinski definition) is 0. The zero-order chi connectivity index (χ0) is 30.2. The number of aromatic nitrogens is 2. The second-order valence-electron chi connectivity index (χ2n) is 12.1. The van der Waals surface area contributed by atoms with Crippen molar-refractivity contribution in [3.05, 3.63) is 169 Å². The maximum absolute atomic E-state index is 2.49. The summed E-state index contributed by atoms with van der Waals surface area (Å²) in [4.78, 5) is 2.46. The second-order valence-corrected chi connectivity index (χ2v) is 12.1. The Labute approximate surface area is 266 Å². The van der Waals surface area contributed by atoms with Gasteiger partial charge in [-0.05, 0) is 65.7 Å². The molecule has 3 heteroatoms. The lowest BCUT2D eigenvalue weighted by Gasteiger charge is -2.34. The lowest BCUT2D eigenvalue weighted by atomic mass is 9.91. The number of anilines is 2. The van der Waals surface area contributed by atoms with Crippen molar-refractivity contribution in [2.75, 3.05) is 4.90 Å². The monoisotopic (exact) mass is 587 g/mol. The van der Waals surface area contributed by atoms with Gasteiger partial charge in [-0.1, -0.05) is 109 Å². The van der Waals surface area contributed by atoms with Crippen molar-refractivity contribution in [2.45, 2.75) is 6.54 Å². The van der Waals surface area contributed by atoms with Crippen molar-refractivity contribution in [3.8, 4) is 22.5 Å². The summed E-state index contributed by atoms with van der Waals surface area (Å²) in [5, 5.41) is 5.05. The molecule has 216 valence electrons. The molecule has 0 radical (unpaired) electrons. The first kappa shape index (κ1) is 25.3. The van der Waals surface area contributed by atoms with E-state index in [0.717, 1.165) is 6.54 Å². The first-order valence-electron chi connectivity index (χ1n) is 15.9. The largest absolute Gasteiger partial charge is 0.336 e. The van der Waals surface area contributed by atoms with Gasteiger partial charge in [-0.25, -0.2) is 0 Å². The van der Waals surface area contributed by atoms with Crippen LogP contribution in [0, 0.1) is 0 Å². The highest BCUT2D eigenvalue weighted by Gasteiger charge is 2.28. The SMILES string of the molecule is c1ccc(N2Cc3ccccc3-c3c2cccc3-n2c3ccccc3c3c(-n4c5ccccc5c5ccccc54)cccc32)cc1. The summed E-state index contributed by atoms with van der Waals surface area (Å²) in [5.41, 5.74) is 13.5. The van der Waals surface area contributed by atoms with Crippen LogP contribution in [0.25, 0.3) is 66.1 Å². The minimum Gasteiger partial charge on any atom is -0.336 e. The van der Waals surface area contributed by atoms with E-state index >= 15 is 0 Å². The molecule has 0 saturated heterocycles. The topological polar surface area (TPSA) is 13.1 Å². The standard InChI is InChI=1S/C43H29N3/c1-2-15-30(16-3-1)44-28-29-14-4-5-17-31(29)42-38(44)24-12-25-39(42)46-37-23-11-8-20-34(37)43-40(26-13-27-41(43)46)45-35-21-9-6-18-32(35)33-19-7-10-22-36(33)45/h1-27H,28H2. The number of benzene rings is 7. The van der Waals surface area contributed by atoms with E-state index in [1.54, 1.807) is 0 Å². The van der Waals surface area contributed by atoms with Crippen molar-refractivity contribution >= 4 is 55.0 Å². The fourth-order valence-corrected chi connectivity index (χ4v) is 7.84. The highest BCUT2D eigenvalue weighted by molar-refractivity contribution is 6.17. The van der Waals surface area contributed by atoms with Gasteiger partial charge in [0.25, 0.3) is 0 Å². The molecule has 0 N–H and O–H groups in total. The second kappa shape index (κ2) is 9.72. The summed E-state index contributed by atoms with van der Waals surface area (Å²) in [6, 6.07) is 59.7. The van der Waals surface area contributed by atoms with Gasteiger partial charge in [0.05, 0.1) is 39.1 Å². The minimum absolute atomic E-state index is 0.835. The third kappa shape index (κ3) is 3.48. The van der Waals surface area contributed by atoms with E-state index in [2.05, 4.69) is 178 Å². The molecule has 2 aromatic heterocycles. The van der Waals surface area contributed by atoms with Crippen LogP contribution in [0.4, 0.5) is 11.4 Å². The number of rotatable bonds is 3. The molecule has 7 aromatic carbocycles. The molecule has 46 heavy (non-hydrogen) atoms. The minimum atomic E-state index is 0.835. The number of nitrogens with zero attached hydrogens (tertiary/aromatic N) is 3. The number of para-hydroxylation sites is 4. The first-order chi connectivity index (χ1) is 22.9. The molecule has 0 atom stereocenters. The fourth-order valence-electron chi connectivity index (χ4n) is 7.84. The molecule has 0 bridgehead atoms. The third-order valence-corrected chi connectivity index (χ3v) is 9.73. The maximum Gasteiger partial charge on any atom is 0.0562 e. The quantitative estimate of drug-likeness (QED) is 0.200. The van der Waals surface area contributed by atoms with Crippen molar-refractivity contribution in [3.63, 3.8) is 0 Å². The lowest BCUT2D eigenvalue weighted by molar-refractivity contribution is 0.957. The molecule has 0 aliphatic carbocycles. The Hall–Kier alpha value is -6.06. The van der Waals surface area contributed by atoms with Crippen LogP contribution < -0.4 is 4.90 Å². The zero-order valence-electron chi connectivity index (χ0n) is 25.1. The van der Waals surface area contributed by atoms with Gasteiger partial charge in [0, 0.05) is 39.3 Å². The van der Waals surface area contributed by atoms with Gasteiger partial charge in [0.15, 0.2) is 0 Å². The van der Waals surface area contributed by atoms with Crippen LogP contribution in [0.3, 0.4) is 0 Å². The molecule has 3 heterocycles.